The van der Waals surface area contributed by atoms with Gasteiger partial charge in [0.05, 0.1) is 0 Å². The molecule has 0 aliphatic heterocycles. The van der Waals surface area contributed by atoms with E-state index in [1.807, 2.05) is 58.0 Å². The van der Waals surface area contributed by atoms with E-state index >= 15 is 0 Å². The van der Waals surface area contributed by atoms with Gasteiger partial charge in [0.2, 0.25) is 0 Å². The van der Waals surface area contributed by atoms with Gasteiger partial charge >= 0.3 is 5.97 Å². The van der Waals surface area contributed by atoms with Crippen LogP contribution in [0.4, 0.5) is 0 Å². The molecule has 1 rings (SSSR count). The third-order valence-corrected chi connectivity index (χ3v) is 2.75. The van der Waals surface area contributed by atoms with Gasteiger partial charge in [-0.05, 0) is 44.9 Å². The summed E-state index contributed by atoms with van der Waals surface area (Å²) >= 11 is 0. The van der Waals surface area contributed by atoms with Crippen LogP contribution in [0.1, 0.15) is 38.8 Å². The van der Waals surface area contributed by atoms with Gasteiger partial charge in [0, 0.05) is 6.92 Å². The fourth-order valence-corrected chi connectivity index (χ4v) is 1.43. The molecule has 0 fully saturated rings. The van der Waals surface area contributed by atoms with Gasteiger partial charge in [-0.1, -0.05) is 35.4 Å². The van der Waals surface area contributed by atoms with E-state index in [1.165, 1.54) is 12.5 Å². The SMILES string of the molecule is CC(=O)O/C(=C\c1ccc(C)cc1)C(C)=C(C)C. The zero-order chi connectivity index (χ0) is 13.7. The third-order valence-electron chi connectivity index (χ3n) is 2.75. The fraction of sp³-hybridized carbons (Fsp3) is 0.312. The number of allylic oxidation sites excluding steroid dienone is 2. The molecule has 0 spiro atoms. The quantitative estimate of drug-likeness (QED) is 0.451. The number of rotatable bonds is 3. The molecule has 0 unspecified atom stereocenters. The lowest BCUT2D eigenvalue weighted by Crippen LogP contribution is -2.01. The second-order valence-electron chi connectivity index (χ2n) is 4.64. The molecule has 96 valence electrons. The van der Waals surface area contributed by atoms with Crippen molar-refractivity contribution in [2.24, 2.45) is 0 Å². The number of hydrogen-bond donors (Lipinski definition) is 0. The summed E-state index contributed by atoms with van der Waals surface area (Å²) in [6.45, 7) is 9.42. The molecular formula is C16H20O2. The minimum atomic E-state index is -0.297. The molecule has 0 atom stereocenters. The average molecular weight is 244 g/mol. The molecule has 18 heavy (non-hydrogen) atoms. The van der Waals surface area contributed by atoms with Crippen molar-refractivity contribution < 1.29 is 9.53 Å². The lowest BCUT2D eigenvalue weighted by molar-refractivity contribution is -0.136. The Morgan fingerprint density at radius 3 is 2.06 bits per heavy atom. The molecule has 0 heterocycles. The highest BCUT2D eigenvalue weighted by Gasteiger charge is 2.06. The first-order valence-electron chi connectivity index (χ1n) is 6.01. The first kappa shape index (κ1) is 14.2. The van der Waals surface area contributed by atoms with Crippen LogP contribution in [0.5, 0.6) is 0 Å². The van der Waals surface area contributed by atoms with Gasteiger partial charge in [0.1, 0.15) is 5.76 Å². The van der Waals surface area contributed by atoms with Crippen LogP contribution in [0.2, 0.25) is 0 Å². The summed E-state index contributed by atoms with van der Waals surface area (Å²) in [7, 11) is 0. The zero-order valence-electron chi connectivity index (χ0n) is 11.7. The van der Waals surface area contributed by atoms with Gasteiger partial charge in [0.15, 0.2) is 0 Å². The molecule has 0 amide bonds. The Balaban J connectivity index is 3.14. The lowest BCUT2D eigenvalue weighted by Gasteiger charge is -2.09. The van der Waals surface area contributed by atoms with E-state index in [2.05, 4.69) is 0 Å². The van der Waals surface area contributed by atoms with Crippen molar-refractivity contribution in [3.8, 4) is 0 Å². The van der Waals surface area contributed by atoms with Crippen LogP contribution < -0.4 is 0 Å². The number of ether oxygens (including phenoxy) is 1. The maximum atomic E-state index is 11.1. The minimum Gasteiger partial charge on any atom is -0.426 e. The van der Waals surface area contributed by atoms with E-state index in [0.29, 0.717) is 5.76 Å². The Hall–Kier alpha value is -1.83. The molecule has 1 aromatic carbocycles. The number of esters is 1. The summed E-state index contributed by atoms with van der Waals surface area (Å²) in [5, 5.41) is 0. The molecule has 0 N–H and O–H groups in total. The molecular weight excluding hydrogens is 224 g/mol. The summed E-state index contributed by atoms with van der Waals surface area (Å²) in [6.07, 6.45) is 1.89. The molecule has 0 saturated carbocycles. The highest BCUT2D eigenvalue weighted by Crippen LogP contribution is 2.19. The number of benzene rings is 1. The second-order valence-corrected chi connectivity index (χ2v) is 4.64. The van der Waals surface area contributed by atoms with Gasteiger partial charge in [-0.3, -0.25) is 4.79 Å². The number of carbonyl (C=O) groups excluding carboxylic acids is 1. The summed E-state index contributed by atoms with van der Waals surface area (Å²) in [4.78, 5) is 11.1. The van der Waals surface area contributed by atoms with E-state index in [1.54, 1.807) is 0 Å². The molecule has 2 heteroatoms. The Morgan fingerprint density at radius 2 is 1.61 bits per heavy atom. The Labute approximate surface area is 109 Å². The van der Waals surface area contributed by atoms with Gasteiger partial charge in [-0.15, -0.1) is 0 Å². The van der Waals surface area contributed by atoms with Crippen molar-refractivity contribution in [1.29, 1.82) is 0 Å². The smallest absolute Gasteiger partial charge is 0.308 e. The Morgan fingerprint density at radius 1 is 1.06 bits per heavy atom. The first-order valence-corrected chi connectivity index (χ1v) is 6.01. The molecule has 0 radical (unpaired) electrons. The van der Waals surface area contributed by atoms with E-state index < -0.39 is 0 Å². The highest BCUT2D eigenvalue weighted by molar-refractivity contribution is 5.70. The number of carbonyl (C=O) groups is 1. The fourth-order valence-electron chi connectivity index (χ4n) is 1.43. The monoisotopic (exact) mass is 244 g/mol. The molecule has 0 saturated heterocycles. The van der Waals surface area contributed by atoms with E-state index in [9.17, 15) is 4.79 Å². The third kappa shape index (κ3) is 4.21. The van der Waals surface area contributed by atoms with Crippen molar-refractivity contribution in [2.45, 2.75) is 34.6 Å². The summed E-state index contributed by atoms with van der Waals surface area (Å²) in [5.41, 5.74) is 4.36. The largest absolute Gasteiger partial charge is 0.426 e. The van der Waals surface area contributed by atoms with Crippen LogP contribution in [0.3, 0.4) is 0 Å². The highest BCUT2D eigenvalue weighted by atomic mass is 16.5. The Kier molecular flexibility index (Phi) is 4.90. The van der Waals surface area contributed by atoms with Crippen molar-refractivity contribution in [2.75, 3.05) is 0 Å². The predicted octanol–water partition coefficient (Wildman–Crippen LogP) is 4.26. The van der Waals surface area contributed by atoms with Crippen LogP contribution in [-0.2, 0) is 9.53 Å². The standard InChI is InChI=1S/C16H20O2/c1-11(2)13(4)16(18-14(5)17)10-15-8-6-12(3)7-9-15/h6-10H,1-5H3/b16-10-. The molecule has 0 aliphatic carbocycles. The maximum absolute atomic E-state index is 11.1. The van der Waals surface area contributed by atoms with Crippen LogP contribution in [-0.4, -0.2) is 5.97 Å². The maximum Gasteiger partial charge on any atom is 0.308 e. The normalized spacial score (nSPS) is 11.1. The van der Waals surface area contributed by atoms with Crippen LogP contribution >= 0.6 is 0 Å². The van der Waals surface area contributed by atoms with Crippen molar-refractivity contribution in [1.82, 2.24) is 0 Å². The Bertz CT molecular complexity index is 486. The zero-order valence-corrected chi connectivity index (χ0v) is 11.7. The first-order chi connectivity index (χ1) is 8.40. The predicted molar refractivity (Wildman–Crippen MR) is 75.0 cm³/mol. The second kappa shape index (κ2) is 6.20. The average Bonchev–Trinajstić information content (AvgIpc) is 2.29. The van der Waals surface area contributed by atoms with Crippen molar-refractivity contribution in [3.63, 3.8) is 0 Å². The molecule has 1 aromatic rings. The topological polar surface area (TPSA) is 26.3 Å². The van der Waals surface area contributed by atoms with Crippen molar-refractivity contribution in [3.05, 3.63) is 52.3 Å². The molecule has 2 nitrogen and oxygen atoms in total. The molecule has 0 bridgehead atoms. The minimum absolute atomic E-state index is 0.297. The van der Waals surface area contributed by atoms with Gasteiger partial charge in [-0.25, -0.2) is 0 Å². The lowest BCUT2D eigenvalue weighted by atomic mass is 10.1. The van der Waals surface area contributed by atoms with Crippen molar-refractivity contribution >= 4 is 12.0 Å². The molecule has 0 aromatic heterocycles. The van der Waals surface area contributed by atoms with E-state index in [0.717, 1.165) is 16.7 Å². The van der Waals surface area contributed by atoms with Gasteiger partial charge in [-0.2, -0.15) is 0 Å². The number of hydrogen-bond acceptors (Lipinski definition) is 2. The van der Waals surface area contributed by atoms with E-state index in [-0.39, 0.29) is 5.97 Å². The summed E-state index contributed by atoms with van der Waals surface area (Å²) < 4.78 is 5.27. The van der Waals surface area contributed by atoms with Crippen LogP contribution in [0.25, 0.3) is 6.08 Å². The van der Waals surface area contributed by atoms with Crippen LogP contribution in [0, 0.1) is 6.92 Å². The van der Waals surface area contributed by atoms with Gasteiger partial charge < -0.3 is 4.74 Å². The van der Waals surface area contributed by atoms with Gasteiger partial charge in [0.25, 0.3) is 0 Å². The van der Waals surface area contributed by atoms with E-state index in [4.69, 9.17) is 4.74 Å². The number of aryl methyl sites for hydroxylation is 1. The summed E-state index contributed by atoms with van der Waals surface area (Å²) in [6, 6.07) is 8.10. The summed E-state index contributed by atoms with van der Waals surface area (Å²) in [5.74, 6) is 0.320. The van der Waals surface area contributed by atoms with Crippen LogP contribution in [0.15, 0.2) is 41.2 Å². The molecule has 0 aliphatic rings.